The van der Waals surface area contributed by atoms with Gasteiger partial charge in [-0.1, -0.05) is 41.9 Å². The lowest BCUT2D eigenvalue weighted by Crippen LogP contribution is -2.11. The van der Waals surface area contributed by atoms with E-state index in [1.807, 2.05) is 42.5 Å². The van der Waals surface area contributed by atoms with Crippen LogP contribution >= 0.6 is 11.6 Å². The van der Waals surface area contributed by atoms with Crippen LogP contribution < -0.4 is 10.5 Å². The molecule has 0 heterocycles. The number of para-hydroxylation sites is 1. The minimum absolute atomic E-state index is 0.0159. The number of benzene rings is 2. The number of halogens is 1. The smallest absolute Gasteiger partial charge is 0.122 e. The van der Waals surface area contributed by atoms with Crippen LogP contribution in [0.25, 0.3) is 0 Å². The van der Waals surface area contributed by atoms with Crippen molar-refractivity contribution in [1.29, 1.82) is 0 Å². The number of rotatable bonds is 5. The summed E-state index contributed by atoms with van der Waals surface area (Å²) in [4.78, 5) is 0. The van der Waals surface area contributed by atoms with Crippen LogP contribution in [0.4, 0.5) is 0 Å². The first-order valence-electron chi connectivity index (χ1n) is 6.33. The van der Waals surface area contributed by atoms with E-state index in [9.17, 15) is 0 Å². The van der Waals surface area contributed by atoms with Crippen LogP contribution in [-0.2, 0) is 6.42 Å². The third-order valence-electron chi connectivity index (χ3n) is 3.22. The molecular formula is C16H18ClNO. The van der Waals surface area contributed by atoms with E-state index < -0.39 is 0 Å². The molecule has 19 heavy (non-hydrogen) atoms. The average molecular weight is 276 g/mol. The van der Waals surface area contributed by atoms with Crippen LogP contribution in [0.3, 0.4) is 0 Å². The van der Waals surface area contributed by atoms with Crippen molar-refractivity contribution in [3.8, 4) is 5.75 Å². The van der Waals surface area contributed by atoms with Crippen LogP contribution in [0.2, 0.25) is 5.02 Å². The lowest BCUT2D eigenvalue weighted by molar-refractivity contribution is 0.408. The Morgan fingerprint density at radius 2 is 1.79 bits per heavy atom. The molecule has 1 atom stereocenters. The zero-order valence-corrected chi connectivity index (χ0v) is 11.7. The van der Waals surface area contributed by atoms with Gasteiger partial charge in [-0.05, 0) is 42.2 Å². The summed E-state index contributed by atoms with van der Waals surface area (Å²) >= 11 is 5.87. The van der Waals surface area contributed by atoms with E-state index in [-0.39, 0.29) is 6.04 Å². The molecule has 0 saturated carbocycles. The molecule has 0 aromatic heterocycles. The molecule has 2 N–H and O–H groups in total. The molecule has 3 heteroatoms. The van der Waals surface area contributed by atoms with Gasteiger partial charge in [-0.2, -0.15) is 0 Å². The molecule has 2 rings (SSSR count). The zero-order chi connectivity index (χ0) is 13.7. The Labute approximate surface area is 119 Å². The first-order chi connectivity index (χ1) is 9.20. The van der Waals surface area contributed by atoms with E-state index in [0.717, 1.165) is 29.2 Å². The fourth-order valence-electron chi connectivity index (χ4n) is 2.10. The minimum Gasteiger partial charge on any atom is -0.496 e. The molecule has 2 nitrogen and oxygen atoms in total. The molecular weight excluding hydrogens is 258 g/mol. The van der Waals surface area contributed by atoms with E-state index in [1.54, 1.807) is 7.11 Å². The van der Waals surface area contributed by atoms with Crippen LogP contribution in [0.1, 0.15) is 23.6 Å². The Balaban J connectivity index is 2.00. The number of methoxy groups -OCH3 is 1. The maximum Gasteiger partial charge on any atom is 0.122 e. The Kier molecular flexibility index (Phi) is 4.83. The normalized spacial score (nSPS) is 12.2. The zero-order valence-electron chi connectivity index (χ0n) is 11.0. The Hall–Kier alpha value is -1.51. The lowest BCUT2D eigenvalue weighted by Gasteiger charge is -2.13. The number of aryl methyl sites for hydroxylation is 1. The minimum atomic E-state index is 0.0159. The van der Waals surface area contributed by atoms with Gasteiger partial charge >= 0.3 is 0 Å². The van der Waals surface area contributed by atoms with Gasteiger partial charge in [0.1, 0.15) is 5.75 Å². The van der Waals surface area contributed by atoms with E-state index in [0.29, 0.717) is 0 Å². The molecule has 0 bridgehead atoms. The van der Waals surface area contributed by atoms with Crippen molar-refractivity contribution in [3.63, 3.8) is 0 Å². The summed E-state index contributed by atoms with van der Waals surface area (Å²) in [7, 11) is 1.69. The van der Waals surface area contributed by atoms with Gasteiger partial charge in [0, 0.05) is 11.1 Å². The molecule has 0 aliphatic carbocycles. The van der Waals surface area contributed by atoms with Crippen LogP contribution in [0.5, 0.6) is 5.75 Å². The predicted octanol–water partition coefficient (Wildman–Crippen LogP) is 3.98. The summed E-state index contributed by atoms with van der Waals surface area (Å²) in [6.45, 7) is 0. The van der Waals surface area contributed by atoms with Crippen molar-refractivity contribution in [2.75, 3.05) is 7.11 Å². The second kappa shape index (κ2) is 6.60. The fraction of sp³-hybridized carbons (Fsp3) is 0.250. The molecule has 0 fully saturated rings. The highest BCUT2D eigenvalue weighted by Crippen LogP contribution is 2.23. The largest absolute Gasteiger partial charge is 0.496 e. The molecule has 1 unspecified atom stereocenters. The summed E-state index contributed by atoms with van der Waals surface area (Å²) in [5, 5.41) is 0.737. The van der Waals surface area contributed by atoms with Crippen LogP contribution in [-0.4, -0.2) is 7.11 Å². The van der Waals surface area contributed by atoms with Crippen molar-refractivity contribution in [2.45, 2.75) is 18.9 Å². The van der Waals surface area contributed by atoms with Crippen molar-refractivity contribution in [2.24, 2.45) is 5.73 Å². The molecule has 2 aromatic rings. The molecule has 0 aliphatic heterocycles. The molecule has 2 aromatic carbocycles. The standard InChI is InChI=1S/C16H18ClNO/c1-19-16-5-3-2-4-13(16)8-11-15(18)12-6-9-14(17)10-7-12/h2-7,9-10,15H,8,11,18H2,1H3. The highest BCUT2D eigenvalue weighted by molar-refractivity contribution is 6.30. The molecule has 0 saturated heterocycles. The van der Waals surface area contributed by atoms with E-state index >= 15 is 0 Å². The van der Waals surface area contributed by atoms with Gasteiger partial charge in [0.15, 0.2) is 0 Å². The second-order valence-corrected chi connectivity index (χ2v) is 4.95. The highest BCUT2D eigenvalue weighted by atomic mass is 35.5. The maximum atomic E-state index is 6.20. The maximum absolute atomic E-state index is 6.20. The van der Waals surface area contributed by atoms with Crippen LogP contribution in [0.15, 0.2) is 48.5 Å². The first kappa shape index (κ1) is 13.9. The quantitative estimate of drug-likeness (QED) is 0.896. The number of ether oxygens (including phenoxy) is 1. The Morgan fingerprint density at radius 3 is 2.47 bits per heavy atom. The molecule has 0 aliphatic rings. The lowest BCUT2D eigenvalue weighted by atomic mass is 9.99. The van der Waals surface area contributed by atoms with E-state index in [2.05, 4.69) is 6.07 Å². The van der Waals surface area contributed by atoms with Gasteiger partial charge in [0.2, 0.25) is 0 Å². The average Bonchev–Trinajstić information content (AvgIpc) is 2.45. The number of hydrogen-bond acceptors (Lipinski definition) is 2. The predicted molar refractivity (Wildman–Crippen MR) is 79.7 cm³/mol. The first-order valence-corrected chi connectivity index (χ1v) is 6.71. The van der Waals surface area contributed by atoms with Crippen molar-refractivity contribution >= 4 is 11.6 Å². The van der Waals surface area contributed by atoms with Gasteiger partial charge in [-0.3, -0.25) is 0 Å². The van der Waals surface area contributed by atoms with Gasteiger partial charge in [0.05, 0.1) is 7.11 Å². The van der Waals surface area contributed by atoms with Crippen molar-refractivity contribution < 1.29 is 4.74 Å². The SMILES string of the molecule is COc1ccccc1CCC(N)c1ccc(Cl)cc1. The monoisotopic (exact) mass is 275 g/mol. The van der Waals surface area contributed by atoms with Crippen molar-refractivity contribution in [3.05, 3.63) is 64.7 Å². The van der Waals surface area contributed by atoms with Gasteiger partial charge in [-0.15, -0.1) is 0 Å². The van der Waals surface area contributed by atoms with Crippen molar-refractivity contribution in [1.82, 2.24) is 0 Å². The fourth-order valence-corrected chi connectivity index (χ4v) is 2.22. The molecule has 0 spiro atoms. The Bertz CT molecular complexity index is 525. The van der Waals surface area contributed by atoms with E-state index in [4.69, 9.17) is 22.1 Å². The summed E-state index contributed by atoms with van der Waals surface area (Å²) in [6.07, 6.45) is 1.77. The van der Waals surface area contributed by atoms with Gasteiger partial charge < -0.3 is 10.5 Å². The molecule has 0 amide bonds. The topological polar surface area (TPSA) is 35.2 Å². The highest BCUT2D eigenvalue weighted by Gasteiger charge is 2.08. The summed E-state index contributed by atoms with van der Waals surface area (Å²) in [5.41, 5.74) is 8.50. The van der Waals surface area contributed by atoms with Gasteiger partial charge in [0.25, 0.3) is 0 Å². The number of nitrogens with two attached hydrogens (primary N) is 1. The summed E-state index contributed by atoms with van der Waals surface area (Å²) < 4.78 is 5.34. The number of hydrogen-bond donors (Lipinski definition) is 1. The third-order valence-corrected chi connectivity index (χ3v) is 3.47. The van der Waals surface area contributed by atoms with Gasteiger partial charge in [-0.25, -0.2) is 0 Å². The van der Waals surface area contributed by atoms with E-state index in [1.165, 1.54) is 5.56 Å². The molecule has 100 valence electrons. The van der Waals surface area contributed by atoms with Crippen LogP contribution in [0, 0.1) is 0 Å². The second-order valence-electron chi connectivity index (χ2n) is 4.51. The summed E-state index contributed by atoms with van der Waals surface area (Å²) in [6, 6.07) is 15.8. The third kappa shape index (κ3) is 3.72. The molecule has 0 radical (unpaired) electrons. The summed E-state index contributed by atoms with van der Waals surface area (Å²) in [5.74, 6) is 0.922. The Morgan fingerprint density at radius 1 is 1.11 bits per heavy atom.